The summed E-state index contributed by atoms with van der Waals surface area (Å²) >= 11 is 1.36. The van der Waals surface area contributed by atoms with Crippen molar-refractivity contribution in [2.45, 2.75) is 44.9 Å². The van der Waals surface area contributed by atoms with Gasteiger partial charge in [0.25, 0.3) is 0 Å². The maximum atomic E-state index is 3.06. The van der Waals surface area contributed by atoms with Crippen molar-refractivity contribution in [2.75, 3.05) is 0 Å². The molecule has 0 nitrogen and oxygen atoms in total. The minimum atomic E-state index is 0. The molecule has 0 spiro atoms. The van der Waals surface area contributed by atoms with Crippen LogP contribution in [0.4, 0.5) is 0 Å². The summed E-state index contributed by atoms with van der Waals surface area (Å²) in [6.45, 7) is 3.06. The first-order valence-corrected chi connectivity index (χ1v) is 10.7. The van der Waals surface area contributed by atoms with E-state index in [0.29, 0.717) is 0 Å². The number of allylic oxidation sites excluding steroid dienone is 8. The van der Waals surface area contributed by atoms with E-state index >= 15 is 0 Å². The summed E-state index contributed by atoms with van der Waals surface area (Å²) in [4.78, 5) is 0. The third-order valence-electron chi connectivity index (χ3n) is 2.49. The van der Waals surface area contributed by atoms with Gasteiger partial charge in [0.1, 0.15) is 0 Å². The molecular formula is C17H24SiZr-4. The van der Waals surface area contributed by atoms with E-state index in [4.69, 9.17) is 0 Å². The van der Waals surface area contributed by atoms with Crippen LogP contribution in [0.25, 0.3) is 0 Å². The van der Waals surface area contributed by atoms with E-state index in [1.807, 2.05) is 24.3 Å². The standard InChI is InChI=1S/C6H11.2C5H5.CH3.Si.Zr/c1-2-4-6-5-3-1;2*1-2-4-5-3-1;;;/h1H,2-6H2;2*1-3H,4H2;1H3;;/q4*-1;;. The van der Waals surface area contributed by atoms with E-state index in [2.05, 4.69) is 37.6 Å². The number of hydrogen-bond acceptors (Lipinski definition) is 0. The van der Waals surface area contributed by atoms with Crippen molar-refractivity contribution >= 4 is 6.88 Å². The molecule has 0 saturated heterocycles. The van der Waals surface area contributed by atoms with E-state index in [-0.39, 0.29) is 7.43 Å². The van der Waals surface area contributed by atoms with E-state index in [9.17, 15) is 0 Å². The Morgan fingerprint density at radius 3 is 1.42 bits per heavy atom. The molecular weight excluding hydrogens is 323 g/mol. The molecule has 0 N–H and O–H groups in total. The van der Waals surface area contributed by atoms with Crippen LogP contribution < -0.4 is 0 Å². The molecule has 0 heterocycles. The zero-order valence-corrected chi connectivity index (χ0v) is 15.4. The van der Waals surface area contributed by atoms with Crippen molar-refractivity contribution in [2.24, 2.45) is 0 Å². The summed E-state index contributed by atoms with van der Waals surface area (Å²) in [5.74, 6) is 0. The molecule has 19 heavy (non-hydrogen) atoms. The van der Waals surface area contributed by atoms with Gasteiger partial charge in [0.2, 0.25) is 0 Å². The van der Waals surface area contributed by atoms with E-state index in [1.165, 1.54) is 55.4 Å². The summed E-state index contributed by atoms with van der Waals surface area (Å²) in [5, 5.41) is 0. The van der Waals surface area contributed by atoms with Gasteiger partial charge < -0.3 is 13.8 Å². The Kier molecular flexibility index (Phi) is 22.9. The van der Waals surface area contributed by atoms with Crippen LogP contribution in [0.15, 0.2) is 36.5 Å². The van der Waals surface area contributed by atoms with Gasteiger partial charge in [0.15, 0.2) is 0 Å². The number of hydrogen-bond donors (Lipinski definition) is 0. The Morgan fingerprint density at radius 2 is 1.32 bits per heavy atom. The third-order valence-corrected chi connectivity index (χ3v) is 2.49. The average Bonchev–Trinajstić information content (AvgIpc) is 3.21. The second-order valence-corrected chi connectivity index (χ2v) is 3.93. The Labute approximate surface area is 137 Å². The molecule has 104 valence electrons. The van der Waals surface area contributed by atoms with Crippen LogP contribution in [0.3, 0.4) is 0 Å². The fraction of sp³-hybridized carbons (Fsp3) is 0.412. The van der Waals surface area contributed by atoms with Crippen LogP contribution in [0, 0.1) is 26.0 Å². The van der Waals surface area contributed by atoms with Gasteiger partial charge in [-0.15, -0.1) is 12.8 Å². The van der Waals surface area contributed by atoms with Crippen LogP contribution in [-0.2, 0) is 23.3 Å². The van der Waals surface area contributed by atoms with Crippen molar-refractivity contribution in [3.63, 3.8) is 0 Å². The monoisotopic (exact) mass is 346 g/mol. The average molecular weight is 348 g/mol. The summed E-state index contributed by atoms with van der Waals surface area (Å²) in [5.41, 5.74) is 0. The molecule has 3 aliphatic carbocycles. The van der Waals surface area contributed by atoms with E-state index in [0.717, 1.165) is 12.8 Å². The first-order chi connectivity index (χ1) is 9.00. The predicted molar refractivity (Wildman–Crippen MR) is 82.7 cm³/mol. The summed E-state index contributed by atoms with van der Waals surface area (Å²) in [6, 6.07) is 0. The van der Waals surface area contributed by atoms with Gasteiger partial charge in [-0.1, -0.05) is 19.3 Å². The molecule has 0 aromatic rings. The van der Waals surface area contributed by atoms with Gasteiger partial charge in [-0.3, -0.25) is 12.2 Å². The molecule has 0 aromatic heterocycles. The third kappa shape index (κ3) is 18.1. The zero-order chi connectivity index (χ0) is 13.3. The van der Waals surface area contributed by atoms with Crippen LogP contribution in [0.2, 0.25) is 0 Å². The fourth-order valence-corrected chi connectivity index (χ4v) is 1.58. The van der Waals surface area contributed by atoms with Gasteiger partial charge in [-0.25, -0.2) is 24.3 Å². The van der Waals surface area contributed by atoms with Gasteiger partial charge in [-0.2, -0.15) is 25.0 Å². The Morgan fingerprint density at radius 1 is 0.842 bits per heavy atom. The fourth-order valence-electron chi connectivity index (χ4n) is 1.58. The predicted octanol–water partition coefficient (Wildman–Crippen LogP) is 4.83. The van der Waals surface area contributed by atoms with Gasteiger partial charge in [0, 0.05) is 0 Å². The first kappa shape index (κ1) is 21.4. The van der Waals surface area contributed by atoms with Crippen molar-refractivity contribution in [1.29, 1.82) is 0 Å². The van der Waals surface area contributed by atoms with Gasteiger partial charge in [0.05, 0.1) is 0 Å². The second-order valence-electron chi connectivity index (χ2n) is 3.93. The van der Waals surface area contributed by atoms with Crippen molar-refractivity contribution in [1.82, 2.24) is 0 Å². The molecule has 2 radical (unpaired) electrons. The van der Waals surface area contributed by atoms with Crippen LogP contribution in [0.5, 0.6) is 0 Å². The van der Waals surface area contributed by atoms with Crippen molar-refractivity contribution in [3.8, 4) is 0 Å². The molecule has 3 rings (SSSR count). The minimum absolute atomic E-state index is 0. The summed E-state index contributed by atoms with van der Waals surface area (Å²) < 4.78 is 0. The molecule has 0 aromatic carbocycles. The number of rotatable bonds is 0. The molecule has 0 amide bonds. The van der Waals surface area contributed by atoms with Crippen molar-refractivity contribution < 1.29 is 23.3 Å². The van der Waals surface area contributed by atoms with Gasteiger partial charge >= 0.3 is 30.2 Å². The topological polar surface area (TPSA) is 0 Å². The second kappa shape index (κ2) is 20.4. The molecule has 0 unspecified atom stereocenters. The van der Waals surface area contributed by atoms with Crippen LogP contribution >= 0.6 is 0 Å². The normalized spacial score (nSPS) is 17.0. The van der Waals surface area contributed by atoms with Crippen LogP contribution in [0.1, 0.15) is 44.9 Å². The van der Waals surface area contributed by atoms with E-state index in [1.54, 1.807) is 0 Å². The molecule has 0 aliphatic heterocycles. The molecule has 1 fully saturated rings. The van der Waals surface area contributed by atoms with Crippen molar-refractivity contribution in [3.05, 3.63) is 62.5 Å². The van der Waals surface area contributed by atoms with E-state index < -0.39 is 0 Å². The SMILES string of the molecule is [C-]1=CC=CC1.[C-]1=CC=CC1.[CH-]1CCCCC1.[CH3-].[Si]=[Zr]. The Balaban J connectivity index is 0. The molecule has 3 aliphatic rings. The summed E-state index contributed by atoms with van der Waals surface area (Å²) in [6.07, 6.45) is 29.5. The molecule has 1 saturated carbocycles. The quantitative estimate of drug-likeness (QED) is 0.435. The molecule has 0 bridgehead atoms. The Hall–Kier alpha value is 0.0600. The first-order valence-electron chi connectivity index (χ1n) is 6.50. The van der Waals surface area contributed by atoms with Crippen LogP contribution in [-0.4, -0.2) is 6.88 Å². The Bertz CT molecular complexity index is 219. The van der Waals surface area contributed by atoms with Gasteiger partial charge in [-0.05, 0) is 0 Å². The molecule has 2 heteroatoms. The molecule has 0 atom stereocenters. The summed E-state index contributed by atoms with van der Waals surface area (Å²) in [7, 11) is 0. The maximum absolute atomic E-state index is 3.06. The zero-order valence-electron chi connectivity index (χ0n) is 12.0.